The van der Waals surface area contributed by atoms with Crippen LogP contribution in [0.1, 0.15) is 15.9 Å². The van der Waals surface area contributed by atoms with Gasteiger partial charge in [0.25, 0.3) is 0 Å². The average Bonchev–Trinajstić information content (AvgIpc) is 2.35. The van der Waals surface area contributed by atoms with Crippen molar-refractivity contribution in [2.45, 2.75) is 6.92 Å². The van der Waals surface area contributed by atoms with Gasteiger partial charge in [0.15, 0.2) is 0 Å². The minimum atomic E-state index is -0.368. The van der Waals surface area contributed by atoms with E-state index < -0.39 is 0 Å². The van der Waals surface area contributed by atoms with Gasteiger partial charge in [-0.25, -0.2) is 4.79 Å². The monoisotopic (exact) mass is 246 g/mol. The van der Waals surface area contributed by atoms with Gasteiger partial charge >= 0.3 is 5.97 Å². The molecule has 0 aromatic heterocycles. The molecule has 0 saturated carbocycles. The Morgan fingerprint density at radius 2 is 1.82 bits per heavy atom. The lowest BCUT2D eigenvalue weighted by Gasteiger charge is -2.05. The van der Waals surface area contributed by atoms with E-state index in [0.29, 0.717) is 16.3 Å². The first-order valence-electron chi connectivity index (χ1n) is 5.20. The molecule has 0 heterocycles. The highest BCUT2D eigenvalue weighted by Gasteiger charge is 2.08. The Kier molecular flexibility index (Phi) is 3.45. The number of halogens is 1. The van der Waals surface area contributed by atoms with Crippen LogP contribution in [0.5, 0.6) is 5.75 Å². The second-order valence-corrected chi connectivity index (χ2v) is 4.07. The lowest BCUT2D eigenvalue weighted by atomic mass is 10.2. The van der Waals surface area contributed by atoms with Gasteiger partial charge in [-0.3, -0.25) is 0 Å². The van der Waals surface area contributed by atoms with Crippen LogP contribution in [0.4, 0.5) is 0 Å². The van der Waals surface area contributed by atoms with Gasteiger partial charge in [-0.15, -0.1) is 0 Å². The van der Waals surface area contributed by atoms with Gasteiger partial charge < -0.3 is 4.74 Å². The third-order valence-corrected chi connectivity index (χ3v) is 2.77. The maximum atomic E-state index is 11.8. The largest absolute Gasteiger partial charge is 0.423 e. The van der Waals surface area contributed by atoms with E-state index in [-0.39, 0.29) is 5.97 Å². The fourth-order valence-electron chi connectivity index (χ4n) is 1.42. The number of rotatable bonds is 2. The number of carbonyl (C=O) groups is 1. The van der Waals surface area contributed by atoms with E-state index in [0.717, 1.165) is 5.56 Å². The van der Waals surface area contributed by atoms with Gasteiger partial charge in [-0.05, 0) is 42.8 Å². The van der Waals surface area contributed by atoms with Crippen molar-refractivity contribution in [3.8, 4) is 5.75 Å². The summed E-state index contributed by atoms with van der Waals surface area (Å²) in [6.07, 6.45) is 0. The van der Waals surface area contributed by atoms with Crippen molar-refractivity contribution in [1.29, 1.82) is 0 Å². The van der Waals surface area contributed by atoms with Crippen molar-refractivity contribution in [2.24, 2.45) is 0 Å². The second kappa shape index (κ2) is 5.02. The maximum absolute atomic E-state index is 11.8. The van der Waals surface area contributed by atoms with Crippen LogP contribution in [-0.2, 0) is 0 Å². The number of esters is 1. The third kappa shape index (κ3) is 2.86. The van der Waals surface area contributed by atoms with Crippen molar-refractivity contribution >= 4 is 17.6 Å². The van der Waals surface area contributed by atoms with Gasteiger partial charge in [0, 0.05) is 5.02 Å². The Hall–Kier alpha value is -1.80. The van der Waals surface area contributed by atoms with Crippen molar-refractivity contribution < 1.29 is 9.53 Å². The summed E-state index contributed by atoms with van der Waals surface area (Å²) in [6, 6.07) is 14.0. The Morgan fingerprint density at radius 3 is 2.47 bits per heavy atom. The molecule has 0 amide bonds. The smallest absolute Gasteiger partial charge is 0.343 e. The predicted molar refractivity (Wildman–Crippen MR) is 67.6 cm³/mol. The molecule has 2 aromatic rings. The summed E-state index contributed by atoms with van der Waals surface area (Å²) in [4.78, 5) is 11.8. The molecule has 0 N–H and O–H groups in total. The number of benzene rings is 2. The van der Waals surface area contributed by atoms with E-state index in [1.54, 1.807) is 42.5 Å². The van der Waals surface area contributed by atoms with Crippen molar-refractivity contribution in [3.05, 3.63) is 64.7 Å². The van der Waals surface area contributed by atoms with Crippen molar-refractivity contribution in [3.63, 3.8) is 0 Å². The molecule has 0 unspecified atom stereocenters. The molecular formula is C14H11ClO2. The van der Waals surface area contributed by atoms with E-state index in [9.17, 15) is 4.79 Å². The van der Waals surface area contributed by atoms with Gasteiger partial charge in [0.05, 0.1) is 5.56 Å². The van der Waals surface area contributed by atoms with Crippen molar-refractivity contribution in [2.75, 3.05) is 0 Å². The van der Waals surface area contributed by atoms with E-state index in [1.807, 2.05) is 13.0 Å². The molecule has 0 radical (unpaired) electrons. The molecule has 0 aliphatic carbocycles. The van der Waals surface area contributed by atoms with Crippen LogP contribution < -0.4 is 4.74 Å². The number of aryl methyl sites for hydroxylation is 1. The number of hydrogen-bond donors (Lipinski definition) is 0. The number of carbonyl (C=O) groups excluding carboxylic acids is 1. The lowest BCUT2D eigenvalue weighted by Crippen LogP contribution is -2.08. The summed E-state index contributed by atoms with van der Waals surface area (Å²) < 4.78 is 5.24. The molecular weight excluding hydrogens is 236 g/mol. The molecule has 2 nitrogen and oxygen atoms in total. The molecule has 0 spiro atoms. The van der Waals surface area contributed by atoms with Crippen LogP contribution in [0.15, 0.2) is 48.5 Å². The molecule has 0 bridgehead atoms. The van der Waals surface area contributed by atoms with Gasteiger partial charge in [-0.2, -0.15) is 0 Å². The molecule has 2 aromatic carbocycles. The first kappa shape index (κ1) is 11.7. The van der Waals surface area contributed by atoms with E-state index >= 15 is 0 Å². The van der Waals surface area contributed by atoms with Crippen LogP contribution in [0.2, 0.25) is 5.02 Å². The van der Waals surface area contributed by atoms with Crippen LogP contribution in [-0.4, -0.2) is 5.97 Å². The van der Waals surface area contributed by atoms with Crippen LogP contribution in [0.3, 0.4) is 0 Å². The standard InChI is InChI=1S/C14H11ClO2/c1-10-9-12(7-8-13(10)15)17-14(16)11-5-3-2-4-6-11/h2-9H,1H3. The van der Waals surface area contributed by atoms with E-state index in [1.165, 1.54) is 0 Å². The zero-order valence-corrected chi connectivity index (χ0v) is 10.1. The molecule has 0 atom stereocenters. The summed E-state index contributed by atoms with van der Waals surface area (Å²) in [6.45, 7) is 1.86. The molecule has 0 saturated heterocycles. The second-order valence-electron chi connectivity index (χ2n) is 3.67. The van der Waals surface area contributed by atoms with Gasteiger partial charge in [0.2, 0.25) is 0 Å². The fraction of sp³-hybridized carbons (Fsp3) is 0.0714. The van der Waals surface area contributed by atoms with Crippen LogP contribution in [0, 0.1) is 6.92 Å². The molecule has 0 aliphatic heterocycles. The molecule has 0 fully saturated rings. The van der Waals surface area contributed by atoms with Crippen molar-refractivity contribution in [1.82, 2.24) is 0 Å². The Morgan fingerprint density at radius 1 is 1.12 bits per heavy atom. The third-order valence-electron chi connectivity index (χ3n) is 2.35. The zero-order chi connectivity index (χ0) is 12.3. The Labute approximate surface area is 105 Å². The predicted octanol–water partition coefficient (Wildman–Crippen LogP) is 3.87. The van der Waals surface area contributed by atoms with E-state index in [4.69, 9.17) is 16.3 Å². The first-order chi connectivity index (χ1) is 8.16. The number of ether oxygens (including phenoxy) is 1. The van der Waals surface area contributed by atoms with Crippen LogP contribution in [0.25, 0.3) is 0 Å². The molecule has 86 valence electrons. The highest BCUT2D eigenvalue weighted by molar-refractivity contribution is 6.31. The average molecular weight is 247 g/mol. The Bertz CT molecular complexity index is 535. The minimum absolute atomic E-state index is 0.368. The van der Waals surface area contributed by atoms with Gasteiger partial charge in [0.1, 0.15) is 5.75 Å². The van der Waals surface area contributed by atoms with E-state index in [2.05, 4.69) is 0 Å². The quantitative estimate of drug-likeness (QED) is 0.594. The normalized spacial score (nSPS) is 10.0. The molecule has 2 rings (SSSR count). The summed E-state index contributed by atoms with van der Waals surface area (Å²) in [5.74, 6) is 0.132. The molecule has 17 heavy (non-hydrogen) atoms. The summed E-state index contributed by atoms with van der Waals surface area (Å²) >= 11 is 5.89. The number of hydrogen-bond acceptors (Lipinski definition) is 2. The van der Waals surface area contributed by atoms with Gasteiger partial charge in [-0.1, -0.05) is 29.8 Å². The summed E-state index contributed by atoms with van der Waals surface area (Å²) in [5, 5.41) is 0.657. The highest BCUT2D eigenvalue weighted by Crippen LogP contribution is 2.21. The fourth-order valence-corrected chi connectivity index (χ4v) is 1.54. The topological polar surface area (TPSA) is 26.3 Å². The highest BCUT2D eigenvalue weighted by atomic mass is 35.5. The SMILES string of the molecule is Cc1cc(OC(=O)c2ccccc2)ccc1Cl. The molecule has 0 aliphatic rings. The Balaban J connectivity index is 2.16. The lowest BCUT2D eigenvalue weighted by molar-refractivity contribution is 0.0734. The maximum Gasteiger partial charge on any atom is 0.343 e. The first-order valence-corrected chi connectivity index (χ1v) is 5.58. The zero-order valence-electron chi connectivity index (χ0n) is 9.31. The van der Waals surface area contributed by atoms with Crippen LogP contribution >= 0.6 is 11.6 Å². The molecule has 3 heteroatoms. The summed E-state index contributed by atoms with van der Waals surface area (Å²) in [7, 11) is 0. The summed E-state index contributed by atoms with van der Waals surface area (Å²) in [5.41, 5.74) is 1.41. The minimum Gasteiger partial charge on any atom is -0.423 e.